The lowest BCUT2D eigenvalue weighted by molar-refractivity contribution is 1.40. The van der Waals surface area contributed by atoms with Crippen LogP contribution in [-0.4, -0.2) is 5.71 Å². The van der Waals surface area contributed by atoms with Gasteiger partial charge in [0.2, 0.25) is 0 Å². The quantitative estimate of drug-likeness (QED) is 0.691. The van der Waals surface area contributed by atoms with E-state index in [1.165, 1.54) is 5.56 Å². The van der Waals surface area contributed by atoms with Crippen molar-refractivity contribution >= 4 is 21.6 Å². The van der Waals surface area contributed by atoms with Crippen LogP contribution in [0.15, 0.2) is 22.7 Å². The van der Waals surface area contributed by atoms with Crippen LogP contribution in [0.4, 0.5) is 0 Å². The van der Waals surface area contributed by atoms with E-state index in [0.29, 0.717) is 5.71 Å². The van der Waals surface area contributed by atoms with E-state index in [-0.39, 0.29) is 0 Å². The second-order valence-corrected chi connectivity index (χ2v) is 3.56. The molecule has 0 aromatic heterocycles. The van der Waals surface area contributed by atoms with Crippen LogP contribution in [0.5, 0.6) is 0 Å². The fraction of sp³-hybridized carbons (Fsp3) is 0.222. The van der Waals surface area contributed by atoms with Gasteiger partial charge in [-0.25, -0.2) is 0 Å². The standard InChI is InChI=1S/C9H10BrN/c1-6-3-8(7(2)11)5-9(10)4-6/h3-5,11H,1-2H3. The molecule has 1 N–H and O–H groups in total. The summed E-state index contributed by atoms with van der Waals surface area (Å²) >= 11 is 3.38. The lowest BCUT2D eigenvalue weighted by Gasteiger charge is -2.00. The van der Waals surface area contributed by atoms with Crippen LogP contribution in [0.25, 0.3) is 0 Å². The molecule has 0 unspecified atom stereocenters. The first kappa shape index (κ1) is 8.47. The summed E-state index contributed by atoms with van der Waals surface area (Å²) in [7, 11) is 0. The van der Waals surface area contributed by atoms with Crippen molar-refractivity contribution in [2.75, 3.05) is 0 Å². The Morgan fingerprint density at radius 1 is 1.36 bits per heavy atom. The zero-order valence-corrected chi connectivity index (χ0v) is 8.20. The van der Waals surface area contributed by atoms with Crippen molar-refractivity contribution in [1.82, 2.24) is 0 Å². The van der Waals surface area contributed by atoms with Crippen LogP contribution < -0.4 is 0 Å². The van der Waals surface area contributed by atoms with E-state index in [1.54, 1.807) is 6.92 Å². The molecule has 0 bridgehead atoms. The van der Waals surface area contributed by atoms with Crippen LogP contribution in [0.1, 0.15) is 18.1 Å². The molecule has 0 spiro atoms. The van der Waals surface area contributed by atoms with E-state index in [4.69, 9.17) is 5.41 Å². The highest BCUT2D eigenvalue weighted by Crippen LogP contribution is 2.15. The molecule has 1 aromatic rings. The highest BCUT2D eigenvalue weighted by molar-refractivity contribution is 9.10. The lowest BCUT2D eigenvalue weighted by atomic mass is 10.1. The van der Waals surface area contributed by atoms with Crippen LogP contribution >= 0.6 is 15.9 Å². The highest BCUT2D eigenvalue weighted by atomic mass is 79.9. The fourth-order valence-electron chi connectivity index (χ4n) is 0.953. The largest absolute Gasteiger partial charge is 0.305 e. The average Bonchev–Trinajstić information content (AvgIpc) is 1.85. The Hall–Kier alpha value is -0.630. The SMILES string of the molecule is CC(=N)c1cc(C)cc(Br)c1. The van der Waals surface area contributed by atoms with Gasteiger partial charge in [0.05, 0.1) is 0 Å². The minimum Gasteiger partial charge on any atom is -0.305 e. The summed E-state index contributed by atoms with van der Waals surface area (Å²) in [5.41, 5.74) is 2.77. The molecule has 0 fully saturated rings. The summed E-state index contributed by atoms with van der Waals surface area (Å²) in [6.07, 6.45) is 0. The highest BCUT2D eigenvalue weighted by Gasteiger charge is 1.97. The van der Waals surface area contributed by atoms with Crippen molar-refractivity contribution in [3.8, 4) is 0 Å². The van der Waals surface area contributed by atoms with Gasteiger partial charge in [0, 0.05) is 10.2 Å². The Kier molecular flexibility index (Phi) is 2.45. The number of rotatable bonds is 1. The van der Waals surface area contributed by atoms with Gasteiger partial charge in [0.15, 0.2) is 0 Å². The summed E-state index contributed by atoms with van der Waals surface area (Å²) in [6.45, 7) is 3.82. The van der Waals surface area contributed by atoms with Crippen LogP contribution in [0.3, 0.4) is 0 Å². The van der Waals surface area contributed by atoms with Gasteiger partial charge in [-0.1, -0.05) is 22.0 Å². The molecule has 0 amide bonds. The van der Waals surface area contributed by atoms with E-state index < -0.39 is 0 Å². The number of halogens is 1. The van der Waals surface area contributed by atoms with E-state index in [1.807, 2.05) is 25.1 Å². The molecule has 0 heterocycles. The Morgan fingerprint density at radius 2 is 2.00 bits per heavy atom. The lowest BCUT2D eigenvalue weighted by Crippen LogP contribution is -1.92. The van der Waals surface area contributed by atoms with Gasteiger partial charge >= 0.3 is 0 Å². The second kappa shape index (κ2) is 3.18. The Morgan fingerprint density at radius 3 is 2.45 bits per heavy atom. The maximum absolute atomic E-state index is 7.41. The number of benzene rings is 1. The number of hydrogen-bond acceptors (Lipinski definition) is 1. The van der Waals surface area contributed by atoms with Gasteiger partial charge in [0.25, 0.3) is 0 Å². The zero-order chi connectivity index (χ0) is 8.43. The van der Waals surface area contributed by atoms with E-state index in [2.05, 4.69) is 15.9 Å². The predicted molar refractivity (Wildman–Crippen MR) is 51.4 cm³/mol. The first-order chi connectivity index (χ1) is 5.09. The Bertz CT molecular complexity index is 271. The molecular formula is C9H10BrN. The third-order valence-corrected chi connectivity index (χ3v) is 1.93. The molecular weight excluding hydrogens is 202 g/mol. The van der Waals surface area contributed by atoms with Gasteiger partial charge < -0.3 is 5.41 Å². The number of aryl methyl sites for hydroxylation is 1. The molecule has 1 rings (SSSR count). The summed E-state index contributed by atoms with van der Waals surface area (Å²) in [5.74, 6) is 0. The minimum atomic E-state index is 0.606. The molecule has 58 valence electrons. The summed E-state index contributed by atoms with van der Waals surface area (Å²) in [5, 5.41) is 7.41. The molecule has 0 radical (unpaired) electrons. The first-order valence-corrected chi connectivity index (χ1v) is 4.21. The maximum atomic E-state index is 7.41. The van der Waals surface area contributed by atoms with Gasteiger partial charge in [-0.3, -0.25) is 0 Å². The Balaban J connectivity index is 3.19. The molecule has 2 heteroatoms. The molecule has 1 nitrogen and oxygen atoms in total. The molecule has 0 aliphatic heterocycles. The predicted octanol–water partition coefficient (Wildman–Crippen LogP) is 3.15. The van der Waals surface area contributed by atoms with Crippen molar-refractivity contribution in [2.24, 2.45) is 0 Å². The monoisotopic (exact) mass is 211 g/mol. The summed E-state index contributed by atoms with van der Waals surface area (Å²) in [4.78, 5) is 0. The van der Waals surface area contributed by atoms with Crippen LogP contribution in [0, 0.1) is 12.3 Å². The Labute approximate surface area is 75.1 Å². The summed E-state index contributed by atoms with van der Waals surface area (Å²) in [6, 6.07) is 5.99. The van der Waals surface area contributed by atoms with E-state index >= 15 is 0 Å². The molecule has 0 aliphatic rings. The minimum absolute atomic E-state index is 0.606. The molecule has 11 heavy (non-hydrogen) atoms. The fourth-order valence-corrected chi connectivity index (χ4v) is 1.56. The van der Waals surface area contributed by atoms with Gasteiger partial charge in [-0.15, -0.1) is 0 Å². The molecule has 0 aliphatic carbocycles. The van der Waals surface area contributed by atoms with Crippen LogP contribution in [-0.2, 0) is 0 Å². The van der Waals surface area contributed by atoms with E-state index in [9.17, 15) is 0 Å². The maximum Gasteiger partial charge on any atom is 0.0355 e. The van der Waals surface area contributed by atoms with Crippen molar-refractivity contribution in [3.63, 3.8) is 0 Å². The average molecular weight is 212 g/mol. The van der Waals surface area contributed by atoms with Crippen molar-refractivity contribution < 1.29 is 0 Å². The third-order valence-electron chi connectivity index (χ3n) is 1.48. The smallest absolute Gasteiger partial charge is 0.0355 e. The second-order valence-electron chi connectivity index (χ2n) is 2.64. The van der Waals surface area contributed by atoms with Crippen molar-refractivity contribution in [3.05, 3.63) is 33.8 Å². The first-order valence-electron chi connectivity index (χ1n) is 3.42. The van der Waals surface area contributed by atoms with Crippen molar-refractivity contribution in [1.29, 1.82) is 5.41 Å². The van der Waals surface area contributed by atoms with Crippen molar-refractivity contribution in [2.45, 2.75) is 13.8 Å². The third kappa shape index (κ3) is 2.15. The molecule has 1 aromatic carbocycles. The summed E-state index contributed by atoms with van der Waals surface area (Å²) < 4.78 is 1.04. The van der Waals surface area contributed by atoms with Crippen LogP contribution in [0.2, 0.25) is 0 Å². The topological polar surface area (TPSA) is 23.9 Å². The van der Waals surface area contributed by atoms with Gasteiger partial charge in [0.1, 0.15) is 0 Å². The normalized spacial score (nSPS) is 9.73. The van der Waals surface area contributed by atoms with E-state index in [0.717, 1.165) is 10.0 Å². The molecule has 0 atom stereocenters. The molecule has 0 saturated heterocycles. The number of hydrogen-bond donors (Lipinski definition) is 1. The number of nitrogens with one attached hydrogen (secondary N) is 1. The molecule has 0 saturated carbocycles. The van der Waals surface area contributed by atoms with Gasteiger partial charge in [-0.05, 0) is 37.1 Å². The van der Waals surface area contributed by atoms with Gasteiger partial charge in [-0.2, -0.15) is 0 Å². The zero-order valence-electron chi connectivity index (χ0n) is 6.61.